The Balaban J connectivity index is 2.56. The summed E-state index contributed by atoms with van der Waals surface area (Å²) in [5.74, 6) is 0. The van der Waals surface area contributed by atoms with Crippen LogP contribution < -0.4 is 5.32 Å². The topological polar surface area (TPSA) is 15.3 Å². The molecule has 1 fully saturated rings. The van der Waals surface area contributed by atoms with E-state index in [4.69, 9.17) is 0 Å². The third-order valence-electron chi connectivity index (χ3n) is 3.22. The highest BCUT2D eigenvalue weighted by Gasteiger charge is 2.33. The van der Waals surface area contributed by atoms with Gasteiger partial charge in [-0.15, -0.1) is 0 Å². The van der Waals surface area contributed by atoms with Crippen LogP contribution in [0.5, 0.6) is 0 Å². The molecule has 0 amide bonds. The second-order valence-electron chi connectivity index (χ2n) is 4.39. The molecule has 2 unspecified atom stereocenters. The summed E-state index contributed by atoms with van der Waals surface area (Å²) in [5.41, 5.74) is 0.00139. The molecule has 14 heavy (non-hydrogen) atoms. The molecule has 0 aromatic rings. The van der Waals surface area contributed by atoms with Crippen molar-refractivity contribution in [3.63, 3.8) is 0 Å². The Labute approximate surface area is 84.7 Å². The predicted molar refractivity (Wildman–Crippen MR) is 53.7 cm³/mol. The lowest BCUT2D eigenvalue weighted by molar-refractivity contribution is 0.00665. The first kappa shape index (κ1) is 11.9. The summed E-state index contributed by atoms with van der Waals surface area (Å²) in [4.78, 5) is 1.88. The number of rotatable bonds is 3. The van der Waals surface area contributed by atoms with Crippen LogP contribution in [0.1, 0.15) is 27.2 Å². The normalized spacial score (nSPS) is 32.1. The van der Waals surface area contributed by atoms with Gasteiger partial charge in [0.25, 0.3) is 6.43 Å². The van der Waals surface area contributed by atoms with E-state index >= 15 is 0 Å². The van der Waals surface area contributed by atoms with Gasteiger partial charge in [0.05, 0.1) is 6.04 Å². The molecule has 0 aromatic carbocycles. The van der Waals surface area contributed by atoms with Crippen molar-refractivity contribution in [1.29, 1.82) is 0 Å². The van der Waals surface area contributed by atoms with E-state index in [1.165, 1.54) is 0 Å². The average molecular weight is 206 g/mol. The first-order chi connectivity index (χ1) is 6.48. The van der Waals surface area contributed by atoms with Crippen LogP contribution in [0.2, 0.25) is 0 Å². The lowest BCUT2D eigenvalue weighted by atomic mass is 9.95. The quantitative estimate of drug-likeness (QED) is 0.756. The van der Waals surface area contributed by atoms with Gasteiger partial charge in [-0.3, -0.25) is 4.90 Å². The van der Waals surface area contributed by atoms with Crippen molar-refractivity contribution in [3.8, 4) is 0 Å². The summed E-state index contributed by atoms with van der Waals surface area (Å²) in [6.45, 7) is 8.03. The highest BCUT2D eigenvalue weighted by Crippen LogP contribution is 2.19. The van der Waals surface area contributed by atoms with Crippen LogP contribution in [0.15, 0.2) is 0 Å². The van der Waals surface area contributed by atoms with Crippen molar-refractivity contribution < 1.29 is 8.78 Å². The van der Waals surface area contributed by atoms with Crippen LogP contribution in [-0.4, -0.2) is 42.5 Å². The summed E-state index contributed by atoms with van der Waals surface area (Å²) < 4.78 is 25.0. The molecule has 2 atom stereocenters. The molecule has 1 rings (SSSR count). The van der Waals surface area contributed by atoms with Crippen molar-refractivity contribution in [3.05, 3.63) is 0 Å². The maximum atomic E-state index is 12.5. The third kappa shape index (κ3) is 2.64. The van der Waals surface area contributed by atoms with Gasteiger partial charge in [-0.1, -0.05) is 6.92 Å². The summed E-state index contributed by atoms with van der Waals surface area (Å²) in [6, 6.07) is -0.622. The largest absolute Gasteiger partial charge is 0.309 e. The van der Waals surface area contributed by atoms with Crippen LogP contribution in [0, 0.1) is 0 Å². The molecule has 1 N–H and O–H groups in total. The number of hydrogen-bond donors (Lipinski definition) is 1. The molecular formula is C10H20F2N2. The molecule has 1 aliphatic heterocycles. The number of hydrogen-bond acceptors (Lipinski definition) is 2. The van der Waals surface area contributed by atoms with Crippen molar-refractivity contribution in [2.45, 2.75) is 45.2 Å². The lowest BCUT2D eigenvalue weighted by Gasteiger charge is -2.43. The lowest BCUT2D eigenvalue weighted by Crippen LogP contribution is -2.61. The predicted octanol–water partition coefficient (Wildman–Crippen LogP) is 1.71. The fourth-order valence-electron chi connectivity index (χ4n) is 1.83. The summed E-state index contributed by atoms with van der Waals surface area (Å²) >= 11 is 0. The van der Waals surface area contributed by atoms with Gasteiger partial charge in [-0.2, -0.15) is 0 Å². The van der Waals surface area contributed by atoms with Gasteiger partial charge in [0.1, 0.15) is 0 Å². The average Bonchev–Trinajstić information content (AvgIpc) is 2.16. The maximum absolute atomic E-state index is 12.5. The van der Waals surface area contributed by atoms with Gasteiger partial charge in [-0.05, 0) is 20.3 Å². The first-order valence-corrected chi connectivity index (χ1v) is 5.26. The monoisotopic (exact) mass is 206 g/mol. The minimum absolute atomic E-state index is 0.00139. The second kappa shape index (κ2) is 4.53. The number of piperazine rings is 1. The van der Waals surface area contributed by atoms with Gasteiger partial charge in [-0.25, -0.2) is 8.78 Å². The zero-order chi connectivity index (χ0) is 10.8. The van der Waals surface area contributed by atoms with Crippen molar-refractivity contribution in [1.82, 2.24) is 10.2 Å². The van der Waals surface area contributed by atoms with Crippen molar-refractivity contribution >= 4 is 0 Å². The molecule has 2 nitrogen and oxygen atoms in total. The van der Waals surface area contributed by atoms with Gasteiger partial charge in [0.2, 0.25) is 0 Å². The number of nitrogens with zero attached hydrogens (tertiary/aromatic N) is 1. The second-order valence-corrected chi connectivity index (χ2v) is 4.39. The number of halogens is 2. The number of alkyl halides is 2. The van der Waals surface area contributed by atoms with Crippen LogP contribution in [0.3, 0.4) is 0 Å². The summed E-state index contributed by atoms with van der Waals surface area (Å²) in [7, 11) is 0. The molecule has 0 aromatic heterocycles. The first-order valence-electron chi connectivity index (χ1n) is 5.26. The van der Waals surface area contributed by atoms with Gasteiger partial charge >= 0.3 is 0 Å². The Bertz CT molecular complexity index is 187. The SMILES string of the molecule is CCC1(C)CN(C(C)C(F)F)CCN1. The van der Waals surface area contributed by atoms with Crippen LogP contribution >= 0.6 is 0 Å². The molecule has 0 bridgehead atoms. The minimum Gasteiger partial charge on any atom is -0.309 e. The molecule has 1 saturated heterocycles. The molecule has 0 radical (unpaired) electrons. The summed E-state index contributed by atoms with van der Waals surface area (Å²) in [5, 5.41) is 3.38. The zero-order valence-corrected chi connectivity index (χ0v) is 9.19. The van der Waals surface area contributed by atoms with E-state index in [0.29, 0.717) is 0 Å². The molecule has 0 aliphatic carbocycles. The molecule has 4 heteroatoms. The van der Waals surface area contributed by atoms with Crippen LogP contribution in [0.25, 0.3) is 0 Å². The number of nitrogens with one attached hydrogen (secondary N) is 1. The zero-order valence-electron chi connectivity index (χ0n) is 9.19. The molecule has 0 saturated carbocycles. The minimum atomic E-state index is -2.24. The van der Waals surface area contributed by atoms with Gasteiger partial charge < -0.3 is 5.32 Å². The van der Waals surface area contributed by atoms with E-state index < -0.39 is 12.5 Å². The van der Waals surface area contributed by atoms with Gasteiger partial charge in [0.15, 0.2) is 0 Å². The molecule has 84 valence electrons. The van der Waals surface area contributed by atoms with Gasteiger partial charge in [0, 0.05) is 25.2 Å². The Morgan fingerprint density at radius 2 is 2.14 bits per heavy atom. The highest BCUT2D eigenvalue weighted by molar-refractivity contribution is 4.91. The van der Waals surface area contributed by atoms with Crippen LogP contribution in [0.4, 0.5) is 8.78 Å². The van der Waals surface area contributed by atoms with E-state index in [0.717, 1.165) is 26.1 Å². The molecule has 0 spiro atoms. The Morgan fingerprint density at radius 3 is 2.64 bits per heavy atom. The van der Waals surface area contributed by atoms with Crippen LogP contribution in [-0.2, 0) is 0 Å². The van der Waals surface area contributed by atoms with E-state index in [2.05, 4.69) is 19.2 Å². The molecule has 1 aliphatic rings. The molecular weight excluding hydrogens is 186 g/mol. The van der Waals surface area contributed by atoms with Crippen molar-refractivity contribution in [2.75, 3.05) is 19.6 Å². The maximum Gasteiger partial charge on any atom is 0.253 e. The Morgan fingerprint density at radius 1 is 1.50 bits per heavy atom. The molecule has 1 heterocycles. The highest BCUT2D eigenvalue weighted by atomic mass is 19.3. The van der Waals surface area contributed by atoms with Crippen molar-refractivity contribution in [2.24, 2.45) is 0 Å². The van der Waals surface area contributed by atoms with E-state index in [1.807, 2.05) is 4.90 Å². The standard InChI is InChI=1S/C10H20F2N2/c1-4-10(3)7-14(6-5-13-10)8(2)9(11)12/h8-9,13H,4-7H2,1-3H3. The fraction of sp³-hybridized carbons (Fsp3) is 1.00. The smallest absolute Gasteiger partial charge is 0.253 e. The van der Waals surface area contributed by atoms with E-state index in [9.17, 15) is 8.78 Å². The Kier molecular flexibility index (Phi) is 3.84. The fourth-order valence-corrected chi connectivity index (χ4v) is 1.83. The Hall–Kier alpha value is -0.220. The summed E-state index contributed by atoms with van der Waals surface area (Å²) in [6.07, 6.45) is -1.27. The van der Waals surface area contributed by atoms with E-state index in [-0.39, 0.29) is 5.54 Å². The third-order valence-corrected chi connectivity index (χ3v) is 3.22. The van der Waals surface area contributed by atoms with E-state index in [1.54, 1.807) is 6.92 Å².